The van der Waals surface area contributed by atoms with E-state index in [0.717, 1.165) is 37.7 Å². The Morgan fingerprint density at radius 1 is 1.00 bits per heavy atom. The first-order chi connectivity index (χ1) is 10.9. The Labute approximate surface area is 143 Å². The number of phosphoric ester groups is 1. The van der Waals surface area contributed by atoms with Crippen LogP contribution in [-0.2, 0) is 18.0 Å². The molecule has 9 heteroatoms. The van der Waals surface area contributed by atoms with Crippen LogP contribution < -0.4 is 0 Å². The van der Waals surface area contributed by atoms with Crippen LogP contribution in [0.5, 0.6) is 0 Å². The Morgan fingerprint density at radius 3 is 2.12 bits per heavy atom. The molecule has 0 amide bonds. The fourth-order valence-corrected chi connectivity index (χ4v) is 3.38. The van der Waals surface area contributed by atoms with Crippen molar-refractivity contribution in [2.75, 3.05) is 6.61 Å². The summed E-state index contributed by atoms with van der Waals surface area (Å²) in [6, 6.07) is 0. The van der Waals surface area contributed by atoms with Gasteiger partial charge in [-0.3, -0.25) is 4.52 Å². The lowest BCUT2D eigenvalue weighted by Crippen LogP contribution is -1.94. The summed E-state index contributed by atoms with van der Waals surface area (Å²) in [5, 5.41) is 0. The van der Waals surface area contributed by atoms with Gasteiger partial charge in [-0.15, -0.1) is 6.58 Å². The van der Waals surface area contributed by atoms with Gasteiger partial charge < -0.3 is 14.7 Å². The first-order valence-electron chi connectivity index (χ1n) is 7.61. The summed E-state index contributed by atoms with van der Waals surface area (Å²) in [6.45, 7) is 9.56. The lowest BCUT2D eigenvalue weighted by molar-refractivity contribution is 0.191. The molecule has 0 aromatic rings. The summed E-state index contributed by atoms with van der Waals surface area (Å²) in [4.78, 5) is 26.1. The molecule has 0 saturated carbocycles. The van der Waals surface area contributed by atoms with E-state index in [4.69, 9.17) is 14.7 Å². The molecule has 0 aromatic carbocycles. The second-order valence-corrected chi connectivity index (χ2v) is 8.62. The van der Waals surface area contributed by atoms with Gasteiger partial charge in [-0.1, -0.05) is 28.9 Å². The van der Waals surface area contributed by atoms with Crippen LogP contribution in [0.15, 0.2) is 35.5 Å². The van der Waals surface area contributed by atoms with Gasteiger partial charge in [-0.2, -0.15) is 4.31 Å². The minimum absolute atomic E-state index is 0.263. The normalized spacial score (nSPS) is 16.1. The van der Waals surface area contributed by atoms with Gasteiger partial charge in [0.25, 0.3) is 0 Å². The Morgan fingerprint density at radius 2 is 1.58 bits per heavy atom. The van der Waals surface area contributed by atoms with Crippen molar-refractivity contribution >= 4 is 15.6 Å². The molecule has 7 nitrogen and oxygen atoms in total. The Hall–Kier alpha value is -0.520. The Bertz CT molecular complexity index is 560. The highest BCUT2D eigenvalue weighted by molar-refractivity contribution is 7.60. The molecule has 3 N–H and O–H groups in total. The van der Waals surface area contributed by atoms with Crippen molar-refractivity contribution in [2.45, 2.75) is 52.9 Å². The smallest absolute Gasteiger partial charge is 0.302 e. The van der Waals surface area contributed by atoms with Gasteiger partial charge in [0, 0.05) is 0 Å². The van der Waals surface area contributed by atoms with Gasteiger partial charge in [0.15, 0.2) is 0 Å². The summed E-state index contributed by atoms with van der Waals surface area (Å²) in [5.74, 6) is 0. The van der Waals surface area contributed by atoms with Gasteiger partial charge in [0.1, 0.15) is 0 Å². The third kappa shape index (κ3) is 15.0. The molecule has 0 spiro atoms. The highest BCUT2D eigenvalue weighted by Crippen LogP contribution is 2.57. The predicted octanol–water partition coefficient (Wildman–Crippen LogP) is 4.63. The van der Waals surface area contributed by atoms with E-state index >= 15 is 0 Å². The van der Waals surface area contributed by atoms with Crippen molar-refractivity contribution in [2.24, 2.45) is 0 Å². The van der Waals surface area contributed by atoms with Gasteiger partial charge >= 0.3 is 15.6 Å². The van der Waals surface area contributed by atoms with Crippen molar-refractivity contribution in [3.8, 4) is 0 Å². The van der Waals surface area contributed by atoms with Crippen molar-refractivity contribution < 1.29 is 32.6 Å². The number of allylic oxidation sites excluding steroid dienone is 4. The van der Waals surface area contributed by atoms with Crippen molar-refractivity contribution in [3.63, 3.8) is 0 Å². The molecule has 1 unspecified atom stereocenters. The van der Waals surface area contributed by atoms with Gasteiger partial charge in [-0.05, 0) is 52.9 Å². The van der Waals surface area contributed by atoms with E-state index in [-0.39, 0.29) is 6.61 Å². The van der Waals surface area contributed by atoms with Crippen molar-refractivity contribution in [1.82, 2.24) is 0 Å². The standard InChI is InChI=1S/C15H28O7P2/c1-13(2)7-5-8-14(3)9-6-10-15(4)11-12-21-24(19,20)22-23(16,17)18/h9,11H,1,5-8,10,12H2,2-4H3,(H,19,20)(H2,16,17,18)/b14-9+,15-11+. The van der Waals surface area contributed by atoms with Crippen LogP contribution in [0, 0.1) is 0 Å². The summed E-state index contributed by atoms with van der Waals surface area (Å²) in [7, 11) is -9.83. The third-order valence-electron chi connectivity index (χ3n) is 3.09. The summed E-state index contributed by atoms with van der Waals surface area (Å²) in [5.41, 5.74) is 3.44. The Balaban J connectivity index is 4.13. The summed E-state index contributed by atoms with van der Waals surface area (Å²) < 4.78 is 29.9. The summed E-state index contributed by atoms with van der Waals surface area (Å²) in [6.07, 6.45) is 8.49. The lowest BCUT2D eigenvalue weighted by atomic mass is 10.0. The van der Waals surface area contributed by atoms with Gasteiger partial charge in [0.2, 0.25) is 0 Å². The number of rotatable bonds is 12. The zero-order chi connectivity index (χ0) is 18.8. The molecule has 24 heavy (non-hydrogen) atoms. The molecule has 0 rings (SSSR count). The van der Waals surface area contributed by atoms with E-state index < -0.39 is 15.6 Å². The first-order valence-corrected chi connectivity index (χ1v) is 10.6. The first kappa shape index (κ1) is 23.5. The average molecular weight is 382 g/mol. The molecule has 1 atom stereocenters. The number of hydrogen-bond donors (Lipinski definition) is 3. The molecule has 140 valence electrons. The highest BCUT2D eigenvalue weighted by Gasteiger charge is 2.31. The molecule has 0 radical (unpaired) electrons. The molecule has 0 aromatic heterocycles. The van der Waals surface area contributed by atoms with E-state index in [2.05, 4.69) is 28.4 Å². The van der Waals surface area contributed by atoms with E-state index in [9.17, 15) is 9.13 Å². The van der Waals surface area contributed by atoms with E-state index in [1.54, 1.807) is 6.08 Å². The number of hydrogen-bond acceptors (Lipinski definition) is 4. The zero-order valence-corrected chi connectivity index (χ0v) is 16.3. The molecular weight excluding hydrogens is 354 g/mol. The van der Waals surface area contributed by atoms with E-state index in [1.165, 1.54) is 11.1 Å². The SMILES string of the molecule is C=C(C)CCC/C(C)=C/CC/C(C)=C/COP(=O)(O)OP(=O)(O)O. The molecular formula is C15H28O7P2. The fourth-order valence-electron chi connectivity index (χ4n) is 1.85. The van der Waals surface area contributed by atoms with Crippen molar-refractivity contribution in [1.29, 1.82) is 0 Å². The minimum Gasteiger partial charge on any atom is -0.302 e. The Kier molecular flexibility index (Phi) is 10.9. The maximum Gasteiger partial charge on any atom is 0.481 e. The quantitative estimate of drug-likeness (QED) is 0.333. The van der Waals surface area contributed by atoms with Crippen LogP contribution in [0.3, 0.4) is 0 Å². The predicted molar refractivity (Wildman–Crippen MR) is 94.3 cm³/mol. The molecule has 0 fully saturated rings. The van der Waals surface area contributed by atoms with Gasteiger partial charge in [0.05, 0.1) is 6.61 Å². The van der Waals surface area contributed by atoms with Crippen LogP contribution >= 0.6 is 15.6 Å². The maximum atomic E-state index is 11.2. The van der Waals surface area contributed by atoms with Crippen LogP contribution in [0.4, 0.5) is 0 Å². The van der Waals surface area contributed by atoms with E-state index in [1.807, 2.05) is 13.8 Å². The molecule has 0 aliphatic heterocycles. The van der Waals surface area contributed by atoms with Gasteiger partial charge in [-0.25, -0.2) is 9.13 Å². The fraction of sp³-hybridized carbons (Fsp3) is 0.600. The maximum absolute atomic E-state index is 11.2. The van der Waals surface area contributed by atoms with E-state index in [0.29, 0.717) is 0 Å². The second kappa shape index (κ2) is 11.2. The van der Waals surface area contributed by atoms with Crippen LogP contribution in [-0.4, -0.2) is 21.3 Å². The molecule has 0 heterocycles. The third-order valence-corrected chi connectivity index (χ3v) is 5.24. The number of phosphoric acid groups is 2. The molecule has 0 saturated heterocycles. The molecule has 0 aliphatic carbocycles. The largest absolute Gasteiger partial charge is 0.481 e. The van der Waals surface area contributed by atoms with Crippen LogP contribution in [0.1, 0.15) is 52.9 Å². The summed E-state index contributed by atoms with van der Waals surface area (Å²) >= 11 is 0. The minimum atomic E-state index is -5.07. The average Bonchev–Trinajstić information content (AvgIpc) is 2.34. The molecule has 0 bridgehead atoms. The van der Waals surface area contributed by atoms with Crippen LogP contribution in [0.25, 0.3) is 0 Å². The lowest BCUT2D eigenvalue weighted by Gasteiger charge is -2.11. The highest BCUT2D eigenvalue weighted by atomic mass is 31.3. The second-order valence-electron chi connectivity index (χ2n) is 5.79. The zero-order valence-electron chi connectivity index (χ0n) is 14.5. The monoisotopic (exact) mass is 382 g/mol. The van der Waals surface area contributed by atoms with Crippen LogP contribution in [0.2, 0.25) is 0 Å². The topological polar surface area (TPSA) is 113 Å². The molecule has 0 aliphatic rings. The van der Waals surface area contributed by atoms with Crippen molar-refractivity contribution in [3.05, 3.63) is 35.5 Å².